The number of ether oxygens (including phenoxy) is 3. The minimum absolute atomic E-state index is 0.0252. The second-order valence-electron chi connectivity index (χ2n) is 8.77. The maximum Gasteiger partial charge on any atom is 0.261 e. The zero-order valence-corrected chi connectivity index (χ0v) is 23.1. The minimum Gasteiger partial charge on any atom is -0.491 e. The Bertz CT molecular complexity index is 1810. The summed E-state index contributed by atoms with van der Waals surface area (Å²) in [7, 11) is 2.92. The molecule has 1 amide bonds. The molecule has 5 aromatic rings. The van der Waals surface area contributed by atoms with E-state index in [2.05, 4.69) is 15.3 Å². The average molecular weight is 579 g/mol. The Hall–Kier alpha value is -4.84. The number of pyridine rings is 3. The van der Waals surface area contributed by atoms with E-state index in [0.29, 0.717) is 32.9 Å². The Labute approximate surface area is 237 Å². The van der Waals surface area contributed by atoms with E-state index in [-0.39, 0.29) is 35.2 Å². The lowest BCUT2D eigenvalue weighted by atomic mass is 10.1. The normalized spacial score (nSPS) is 11.0. The van der Waals surface area contributed by atoms with Crippen molar-refractivity contribution in [2.75, 3.05) is 26.2 Å². The Morgan fingerprint density at radius 3 is 2.61 bits per heavy atom. The standard InChI is InChI=1S/C29H24F2N4O5S/c1-16-25(24-5-4-12-41-24)27(36)18(15-35(16)11-9-30)28(37)33-17-6-7-21(19(31)13-17)40-22-8-10-32-20-14-23(38-2)29(39-3)34-26(20)22/h4-8,10,12-15H,9,11H2,1-3H3,(H,33,37). The molecule has 0 saturated carbocycles. The van der Waals surface area contributed by atoms with Crippen LogP contribution in [0, 0.1) is 12.7 Å². The number of carbonyl (C=O) groups is 1. The van der Waals surface area contributed by atoms with Gasteiger partial charge in [-0.3, -0.25) is 14.6 Å². The molecule has 0 atom stereocenters. The van der Waals surface area contributed by atoms with Crippen LogP contribution >= 0.6 is 11.3 Å². The number of benzene rings is 1. The molecule has 0 aliphatic carbocycles. The van der Waals surface area contributed by atoms with Gasteiger partial charge >= 0.3 is 0 Å². The lowest BCUT2D eigenvalue weighted by Gasteiger charge is -2.15. The van der Waals surface area contributed by atoms with Crippen molar-refractivity contribution in [3.8, 4) is 33.6 Å². The van der Waals surface area contributed by atoms with E-state index < -0.39 is 23.8 Å². The molecule has 9 nitrogen and oxygen atoms in total. The number of hydrogen-bond acceptors (Lipinski definition) is 8. The fourth-order valence-electron chi connectivity index (χ4n) is 4.32. The highest BCUT2D eigenvalue weighted by Crippen LogP contribution is 2.35. The molecule has 12 heteroatoms. The van der Waals surface area contributed by atoms with Gasteiger partial charge in [0.05, 0.1) is 31.8 Å². The zero-order chi connectivity index (χ0) is 29.1. The third-order valence-corrected chi connectivity index (χ3v) is 7.20. The lowest BCUT2D eigenvalue weighted by Crippen LogP contribution is -2.26. The molecule has 0 fully saturated rings. The fraction of sp³-hybridized carbons (Fsp3) is 0.172. The average Bonchev–Trinajstić information content (AvgIpc) is 3.50. The molecule has 0 unspecified atom stereocenters. The predicted molar refractivity (Wildman–Crippen MR) is 152 cm³/mol. The van der Waals surface area contributed by atoms with Crippen LogP contribution in [0.4, 0.5) is 14.5 Å². The van der Waals surface area contributed by atoms with Gasteiger partial charge in [-0.2, -0.15) is 0 Å². The van der Waals surface area contributed by atoms with Gasteiger partial charge in [-0.05, 0) is 30.5 Å². The van der Waals surface area contributed by atoms with Gasteiger partial charge in [0, 0.05) is 46.9 Å². The summed E-state index contributed by atoms with van der Waals surface area (Å²) in [5.74, 6) is -0.845. The molecule has 41 heavy (non-hydrogen) atoms. The first kappa shape index (κ1) is 27.7. The molecule has 5 rings (SSSR count). The summed E-state index contributed by atoms with van der Waals surface area (Å²) in [6.45, 7) is 1.00. The van der Waals surface area contributed by atoms with Crippen molar-refractivity contribution in [2.45, 2.75) is 13.5 Å². The molecule has 0 bridgehead atoms. The number of hydrogen-bond donors (Lipinski definition) is 1. The maximum absolute atomic E-state index is 15.1. The van der Waals surface area contributed by atoms with Crippen molar-refractivity contribution >= 4 is 34.0 Å². The van der Waals surface area contributed by atoms with E-state index in [0.717, 1.165) is 6.07 Å². The second kappa shape index (κ2) is 11.7. The summed E-state index contributed by atoms with van der Waals surface area (Å²) in [4.78, 5) is 35.8. The highest BCUT2D eigenvalue weighted by atomic mass is 32.1. The minimum atomic E-state index is -0.772. The van der Waals surface area contributed by atoms with Crippen LogP contribution in [0.2, 0.25) is 0 Å². The topological polar surface area (TPSA) is 105 Å². The number of aryl methyl sites for hydroxylation is 1. The van der Waals surface area contributed by atoms with Crippen LogP contribution in [-0.2, 0) is 6.54 Å². The van der Waals surface area contributed by atoms with Crippen LogP contribution in [0.25, 0.3) is 21.5 Å². The first-order valence-electron chi connectivity index (χ1n) is 12.3. The molecule has 210 valence electrons. The monoisotopic (exact) mass is 578 g/mol. The van der Waals surface area contributed by atoms with E-state index in [1.165, 1.54) is 60.7 Å². The van der Waals surface area contributed by atoms with Crippen LogP contribution in [-0.4, -0.2) is 41.3 Å². The van der Waals surface area contributed by atoms with E-state index >= 15 is 4.39 Å². The summed E-state index contributed by atoms with van der Waals surface area (Å²) in [5.41, 5.74) is 1.06. The number of aromatic nitrogens is 3. The highest BCUT2D eigenvalue weighted by Gasteiger charge is 2.21. The number of fused-ring (bicyclic) bond motifs is 1. The van der Waals surface area contributed by atoms with Crippen LogP contribution in [0.15, 0.2) is 65.0 Å². The highest BCUT2D eigenvalue weighted by molar-refractivity contribution is 7.13. The number of thiophene rings is 1. The third kappa shape index (κ3) is 5.46. The Morgan fingerprint density at radius 2 is 1.93 bits per heavy atom. The number of rotatable bonds is 9. The molecule has 0 spiro atoms. The molecule has 0 radical (unpaired) electrons. The van der Waals surface area contributed by atoms with Crippen molar-refractivity contribution in [3.63, 3.8) is 0 Å². The summed E-state index contributed by atoms with van der Waals surface area (Å²) >= 11 is 1.34. The van der Waals surface area contributed by atoms with Gasteiger partial charge in [-0.25, -0.2) is 13.8 Å². The number of amides is 1. The van der Waals surface area contributed by atoms with E-state index in [4.69, 9.17) is 14.2 Å². The second-order valence-corrected chi connectivity index (χ2v) is 9.72. The van der Waals surface area contributed by atoms with Gasteiger partial charge in [0.25, 0.3) is 11.8 Å². The first-order chi connectivity index (χ1) is 19.8. The van der Waals surface area contributed by atoms with Gasteiger partial charge in [0.2, 0.25) is 5.43 Å². The summed E-state index contributed by atoms with van der Waals surface area (Å²) in [6, 6.07) is 10.5. The van der Waals surface area contributed by atoms with Crippen LogP contribution in [0.5, 0.6) is 23.1 Å². The molecule has 0 aliphatic rings. The van der Waals surface area contributed by atoms with Gasteiger partial charge in [0.15, 0.2) is 23.1 Å². The molecule has 1 aromatic carbocycles. The van der Waals surface area contributed by atoms with Crippen molar-refractivity contribution < 1.29 is 27.8 Å². The first-order valence-corrected chi connectivity index (χ1v) is 13.2. The van der Waals surface area contributed by atoms with Crippen molar-refractivity contribution in [3.05, 3.63) is 87.5 Å². The molecule has 4 aromatic heterocycles. The van der Waals surface area contributed by atoms with Crippen LogP contribution in [0.1, 0.15) is 16.1 Å². The predicted octanol–water partition coefficient (Wildman–Crippen LogP) is 6.00. The van der Waals surface area contributed by atoms with E-state index in [1.807, 2.05) is 5.38 Å². The van der Waals surface area contributed by atoms with Crippen molar-refractivity contribution in [1.29, 1.82) is 0 Å². The summed E-state index contributed by atoms with van der Waals surface area (Å²) < 4.78 is 46.2. The van der Waals surface area contributed by atoms with Gasteiger partial charge in [-0.15, -0.1) is 11.3 Å². The number of halogens is 2. The fourth-order valence-corrected chi connectivity index (χ4v) is 5.13. The van der Waals surface area contributed by atoms with Gasteiger partial charge < -0.3 is 24.1 Å². The summed E-state index contributed by atoms with van der Waals surface area (Å²) in [6.07, 6.45) is 2.81. The zero-order valence-electron chi connectivity index (χ0n) is 22.2. The van der Waals surface area contributed by atoms with Gasteiger partial charge in [-0.1, -0.05) is 6.07 Å². The van der Waals surface area contributed by atoms with Crippen LogP contribution < -0.4 is 25.0 Å². The Kier molecular flexibility index (Phi) is 7.92. The Balaban J connectivity index is 1.43. The molecular formula is C29H24F2N4O5S. The number of methoxy groups -OCH3 is 2. The van der Waals surface area contributed by atoms with Crippen molar-refractivity contribution in [2.24, 2.45) is 0 Å². The quantitative estimate of drug-likeness (QED) is 0.229. The smallest absolute Gasteiger partial charge is 0.261 e. The Morgan fingerprint density at radius 1 is 1.10 bits per heavy atom. The summed E-state index contributed by atoms with van der Waals surface area (Å²) in [5, 5.41) is 4.37. The molecular weight excluding hydrogens is 554 g/mol. The molecule has 0 saturated heterocycles. The van der Waals surface area contributed by atoms with E-state index in [9.17, 15) is 14.0 Å². The van der Waals surface area contributed by atoms with Crippen LogP contribution in [0.3, 0.4) is 0 Å². The number of anilines is 1. The largest absolute Gasteiger partial charge is 0.491 e. The van der Waals surface area contributed by atoms with Gasteiger partial charge in [0.1, 0.15) is 17.8 Å². The molecule has 4 heterocycles. The van der Waals surface area contributed by atoms with Crippen molar-refractivity contribution in [1.82, 2.24) is 14.5 Å². The maximum atomic E-state index is 15.1. The number of nitrogens with zero attached hydrogens (tertiary/aromatic N) is 3. The SMILES string of the molecule is COc1cc2nccc(Oc3ccc(NC(=O)c4cn(CCF)c(C)c(-c5cccs5)c4=O)cc3F)c2nc1OC. The molecule has 1 N–H and O–H groups in total. The number of nitrogens with one attached hydrogen (secondary N) is 1. The van der Waals surface area contributed by atoms with E-state index in [1.54, 1.807) is 25.1 Å². The molecule has 0 aliphatic heterocycles. The number of alkyl halides is 1. The third-order valence-electron chi connectivity index (χ3n) is 6.32. The number of carbonyl (C=O) groups excluding carboxylic acids is 1. The lowest BCUT2D eigenvalue weighted by molar-refractivity contribution is 0.102.